The van der Waals surface area contributed by atoms with Gasteiger partial charge in [0, 0.05) is 23.0 Å². The smallest absolute Gasteiger partial charge is 0.224 e. The molecule has 1 atom stereocenters. The molecule has 2 N–H and O–H groups in total. The van der Waals surface area contributed by atoms with E-state index in [1.54, 1.807) is 0 Å². The van der Waals surface area contributed by atoms with Gasteiger partial charge in [-0.25, -0.2) is 4.98 Å². The third-order valence-electron chi connectivity index (χ3n) is 4.04. The van der Waals surface area contributed by atoms with Crippen LogP contribution in [0, 0.1) is 27.7 Å². The molecule has 0 saturated carbocycles. The van der Waals surface area contributed by atoms with Gasteiger partial charge in [0.1, 0.15) is 5.75 Å². The van der Waals surface area contributed by atoms with Crippen LogP contribution < -0.4 is 10.1 Å². The highest BCUT2D eigenvalue weighted by atomic mass is 16.5. The maximum absolute atomic E-state index is 9.42. The minimum atomic E-state index is 0.0311. The molecule has 1 unspecified atom stereocenters. The van der Waals surface area contributed by atoms with Crippen molar-refractivity contribution < 1.29 is 9.84 Å². The van der Waals surface area contributed by atoms with Gasteiger partial charge in [0.2, 0.25) is 5.88 Å². The van der Waals surface area contributed by atoms with Crippen molar-refractivity contribution in [2.24, 2.45) is 0 Å². The van der Waals surface area contributed by atoms with Crippen molar-refractivity contribution >= 4 is 5.69 Å². The highest BCUT2D eigenvalue weighted by molar-refractivity contribution is 5.57. The molecule has 23 heavy (non-hydrogen) atoms. The summed E-state index contributed by atoms with van der Waals surface area (Å²) in [5, 5.41) is 12.8. The highest BCUT2D eigenvalue weighted by Crippen LogP contribution is 2.32. The summed E-state index contributed by atoms with van der Waals surface area (Å²) >= 11 is 0. The molecule has 2 aromatic rings. The maximum atomic E-state index is 9.42. The molecule has 0 bridgehead atoms. The van der Waals surface area contributed by atoms with Crippen molar-refractivity contribution in [1.29, 1.82) is 0 Å². The predicted octanol–water partition coefficient (Wildman–Crippen LogP) is 4.29. The molecule has 1 heterocycles. The molecule has 124 valence electrons. The fourth-order valence-electron chi connectivity index (χ4n) is 2.51. The second kappa shape index (κ2) is 7.47. The average Bonchev–Trinajstić information content (AvgIpc) is 2.52. The number of aryl methyl sites for hydroxylation is 3. The fourth-order valence-corrected chi connectivity index (χ4v) is 2.51. The molecule has 1 aromatic carbocycles. The number of hydrogen-bond acceptors (Lipinski definition) is 4. The molecule has 0 aliphatic carbocycles. The number of nitrogens with zero attached hydrogens (tertiary/aromatic N) is 1. The lowest BCUT2D eigenvalue weighted by molar-refractivity contribution is 0.271. The Kier molecular flexibility index (Phi) is 5.61. The van der Waals surface area contributed by atoms with E-state index in [4.69, 9.17) is 4.74 Å². The first-order valence-electron chi connectivity index (χ1n) is 8.06. The lowest BCUT2D eigenvalue weighted by Gasteiger charge is -2.20. The van der Waals surface area contributed by atoms with Crippen molar-refractivity contribution in [1.82, 2.24) is 4.98 Å². The zero-order chi connectivity index (χ0) is 17.0. The Morgan fingerprint density at radius 3 is 2.39 bits per heavy atom. The molecular formula is C19H26N2O2. The van der Waals surface area contributed by atoms with Crippen LogP contribution in [0.3, 0.4) is 0 Å². The molecule has 0 fully saturated rings. The van der Waals surface area contributed by atoms with E-state index in [1.807, 2.05) is 58.9 Å². The SMILES string of the molecule is CCC(CO)Nc1cc(C)nc(Oc2c(C)cccc2C)c1C. The first kappa shape index (κ1) is 17.3. The summed E-state index contributed by atoms with van der Waals surface area (Å²) in [5.41, 5.74) is 4.96. The molecule has 1 aromatic heterocycles. The summed E-state index contributed by atoms with van der Waals surface area (Å²) in [6, 6.07) is 8.11. The molecule has 0 aliphatic rings. The van der Waals surface area contributed by atoms with Crippen molar-refractivity contribution in [3.05, 3.63) is 46.6 Å². The van der Waals surface area contributed by atoms with E-state index in [1.165, 1.54) is 0 Å². The zero-order valence-corrected chi connectivity index (χ0v) is 14.6. The number of aromatic nitrogens is 1. The predicted molar refractivity (Wildman–Crippen MR) is 94.5 cm³/mol. The maximum Gasteiger partial charge on any atom is 0.224 e. The normalized spacial score (nSPS) is 12.1. The van der Waals surface area contributed by atoms with Gasteiger partial charge in [-0.3, -0.25) is 0 Å². The van der Waals surface area contributed by atoms with Crippen molar-refractivity contribution in [2.75, 3.05) is 11.9 Å². The van der Waals surface area contributed by atoms with Gasteiger partial charge in [0.15, 0.2) is 0 Å². The number of pyridine rings is 1. The Bertz CT molecular complexity index is 659. The van der Waals surface area contributed by atoms with E-state index in [9.17, 15) is 5.11 Å². The molecule has 4 nitrogen and oxygen atoms in total. The fraction of sp³-hybridized carbons (Fsp3) is 0.421. The van der Waals surface area contributed by atoms with Crippen LogP contribution in [-0.2, 0) is 0 Å². The summed E-state index contributed by atoms with van der Waals surface area (Å²) in [6.45, 7) is 10.1. The molecule has 0 amide bonds. The number of ether oxygens (including phenoxy) is 1. The van der Waals surface area contributed by atoms with Gasteiger partial charge < -0.3 is 15.2 Å². The van der Waals surface area contributed by atoms with Crippen LogP contribution in [0.2, 0.25) is 0 Å². The molecule has 0 aliphatic heterocycles. The van der Waals surface area contributed by atoms with Crippen LogP contribution in [0.4, 0.5) is 5.69 Å². The Labute approximate surface area is 138 Å². The number of para-hydroxylation sites is 1. The second-order valence-corrected chi connectivity index (χ2v) is 6.00. The number of aliphatic hydroxyl groups is 1. The quantitative estimate of drug-likeness (QED) is 0.835. The van der Waals surface area contributed by atoms with Crippen molar-refractivity contribution in [3.63, 3.8) is 0 Å². The van der Waals surface area contributed by atoms with Gasteiger partial charge >= 0.3 is 0 Å². The largest absolute Gasteiger partial charge is 0.438 e. The molecule has 0 radical (unpaired) electrons. The first-order valence-corrected chi connectivity index (χ1v) is 8.06. The van der Waals surface area contributed by atoms with E-state index in [0.29, 0.717) is 5.88 Å². The van der Waals surface area contributed by atoms with Gasteiger partial charge in [-0.15, -0.1) is 0 Å². The molecule has 2 rings (SSSR count). The summed E-state index contributed by atoms with van der Waals surface area (Å²) in [4.78, 5) is 4.55. The third-order valence-corrected chi connectivity index (χ3v) is 4.04. The Morgan fingerprint density at radius 1 is 1.17 bits per heavy atom. The lowest BCUT2D eigenvalue weighted by atomic mass is 10.1. The summed E-state index contributed by atoms with van der Waals surface area (Å²) in [7, 11) is 0. The number of aliphatic hydroxyl groups excluding tert-OH is 1. The van der Waals surface area contributed by atoms with E-state index in [-0.39, 0.29) is 12.6 Å². The molecule has 0 spiro atoms. The summed E-state index contributed by atoms with van der Waals surface area (Å²) in [5.74, 6) is 1.46. The molecule has 0 saturated heterocycles. The van der Waals surface area contributed by atoms with Crippen LogP contribution in [0.1, 0.15) is 35.7 Å². The highest BCUT2D eigenvalue weighted by Gasteiger charge is 2.14. The topological polar surface area (TPSA) is 54.4 Å². The first-order chi connectivity index (χ1) is 11.0. The van der Waals surface area contributed by atoms with Gasteiger partial charge in [0.05, 0.1) is 6.61 Å². The summed E-state index contributed by atoms with van der Waals surface area (Å²) in [6.07, 6.45) is 0.852. The molecule has 4 heteroatoms. The second-order valence-electron chi connectivity index (χ2n) is 6.00. The van der Waals surface area contributed by atoms with Crippen molar-refractivity contribution in [2.45, 2.75) is 47.1 Å². The van der Waals surface area contributed by atoms with Gasteiger partial charge in [-0.05, 0) is 51.3 Å². The molecular weight excluding hydrogens is 288 g/mol. The standard InChI is InChI=1S/C19H26N2O2/c1-6-16(11-22)21-17-10-14(4)20-19(15(17)5)23-18-12(2)8-7-9-13(18)3/h7-10,16,22H,6,11H2,1-5H3,(H,20,21). The van der Waals surface area contributed by atoms with Crippen LogP contribution in [0.25, 0.3) is 0 Å². The monoisotopic (exact) mass is 314 g/mol. The lowest BCUT2D eigenvalue weighted by Crippen LogP contribution is -2.23. The van der Waals surface area contributed by atoms with E-state index < -0.39 is 0 Å². The Hall–Kier alpha value is -2.07. The van der Waals surface area contributed by atoms with Gasteiger partial charge in [-0.2, -0.15) is 0 Å². The van der Waals surface area contributed by atoms with E-state index >= 15 is 0 Å². The number of benzene rings is 1. The summed E-state index contributed by atoms with van der Waals surface area (Å²) < 4.78 is 6.13. The van der Waals surface area contributed by atoms with E-state index in [0.717, 1.165) is 40.2 Å². The zero-order valence-electron chi connectivity index (χ0n) is 14.6. The number of anilines is 1. The van der Waals surface area contributed by atoms with Crippen LogP contribution in [-0.4, -0.2) is 22.7 Å². The third kappa shape index (κ3) is 4.02. The van der Waals surface area contributed by atoms with E-state index in [2.05, 4.69) is 10.3 Å². The number of rotatable bonds is 6. The van der Waals surface area contributed by atoms with Crippen LogP contribution in [0.15, 0.2) is 24.3 Å². The van der Waals surface area contributed by atoms with Crippen molar-refractivity contribution in [3.8, 4) is 11.6 Å². The van der Waals surface area contributed by atoms with Gasteiger partial charge in [0.25, 0.3) is 0 Å². The Balaban J connectivity index is 2.38. The van der Waals surface area contributed by atoms with Crippen LogP contribution >= 0.6 is 0 Å². The van der Waals surface area contributed by atoms with Crippen LogP contribution in [0.5, 0.6) is 11.6 Å². The minimum Gasteiger partial charge on any atom is -0.438 e. The Morgan fingerprint density at radius 2 is 1.83 bits per heavy atom. The van der Waals surface area contributed by atoms with Gasteiger partial charge in [-0.1, -0.05) is 25.1 Å². The number of hydrogen-bond donors (Lipinski definition) is 2. The minimum absolute atomic E-state index is 0.0311. The number of nitrogens with one attached hydrogen (secondary N) is 1. The average molecular weight is 314 g/mol.